The highest BCUT2D eigenvalue weighted by molar-refractivity contribution is 5.77. The number of ether oxygens (including phenoxy) is 2. The molecular weight excluding hydrogens is 302 g/mol. The molecule has 2 aliphatic heterocycles. The second-order valence-electron chi connectivity index (χ2n) is 7.94. The van der Waals surface area contributed by atoms with Crippen molar-refractivity contribution in [2.45, 2.75) is 31.5 Å². The van der Waals surface area contributed by atoms with Gasteiger partial charge in [-0.1, -0.05) is 0 Å². The van der Waals surface area contributed by atoms with Crippen LogP contribution in [0, 0.1) is 22.7 Å². The molecule has 0 N–H and O–H groups in total. The predicted octanol–water partition coefficient (Wildman–Crippen LogP) is 2.71. The van der Waals surface area contributed by atoms with Crippen molar-refractivity contribution in [3.63, 3.8) is 0 Å². The van der Waals surface area contributed by atoms with Crippen molar-refractivity contribution in [2.24, 2.45) is 11.3 Å². The maximum absolute atomic E-state index is 9.23. The van der Waals surface area contributed by atoms with Gasteiger partial charge in [-0.3, -0.25) is 0 Å². The number of nitriles is 1. The van der Waals surface area contributed by atoms with E-state index >= 15 is 0 Å². The zero-order valence-corrected chi connectivity index (χ0v) is 14.1. The van der Waals surface area contributed by atoms with Crippen LogP contribution in [-0.4, -0.2) is 39.3 Å². The third-order valence-electron chi connectivity index (χ3n) is 6.41. The number of hydrogen-bond donors (Lipinski definition) is 0. The van der Waals surface area contributed by atoms with E-state index in [0.717, 1.165) is 50.8 Å². The van der Waals surface area contributed by atoms with Gasteiger partial charge in [-0.05, 0) is 42.4 Å². The van der Waals surface area contributed by atoms with Crippen LogP contribution in [0.2, 0.25) is 0 Å². The molecular formula is C19H23N3O2. The van der Waals surface area contributed by atoms with Crippen molar-refractivity contribution in [3.05, 3.63) is 23.8 Å². The summed E-state index contributed by atoms with van der Waals surface area (Å²) < 4.78 is 12.0. The van der Waals surface area contributed by atoms with E-state index in [2.05, 4.69) is 29.0 Å². The van der Waals surface area contributed by atoms with Crippen LogP contribution in [0.1, 0.15) is 31.2 Å². The molecule has 0 amide bonds. The summed E-state index contributed by atoms with van der Waals surface area (Å²) >= 11 is 0. The second kappa shape index (κ2) is 4.87. The van der Waals surface area contributed by atoms with Gasteiger partial charge in [-0.25, -0.2) is 0 Å². The van der Waals surface area contributed by atoms with Crippen molar-refractivity contribution in [3.8, 4) is 6.07 Å². The largest absolute Gasteiger partial charge is 0.355 e. The number of hydrogen-bond acceptors (Lipinski definition) is 5. The summed E-state index contributed by atoms with van der Waals surface area (Å²) in [5.41, 5.74) is 3.49. The molecule has 5 rings (SSSR count). The average Bonchev–Trinajstić information content (AvgIpc) is 2.95. The molecule has 3 fully saturated rings. The van der Waals surface area contributed by atoms with Crippen LogP contribution in [0.15, 0.2) is 18.2 Å². The van der Waals surface area contributed by atoms with E-state index in [1.165, 1.54) is 24.2 Å². The first-order valence-corrected chi connectivity index (χ1v) is 8.91. The maximum atomic E-state index is 9.23. The number of anilines is 2. The lowest BCUT2D eigenvalue weighted by atomic mass is 9.83. The van der Waals surface area contributed by atoms with E-state index in [1.54, 1.807) is 0 Å². The first-order valence-electron chi connectivity index (χ1n) is 8.91. The van der Waals surface area contributed by atoms with Crippen LogP contribution in [0.25, 0.3) is 0 Å². The Kier molecular flexibility index (Phi) is 2.96. The summed E-state index contributed by atoms with van der Waals surface area (Å²) in [7, 11) is 2.12. The molecule has 2 atom stereocenters. The summed E-state index contributed by atoms with van der Waals surface area (Å²) in [6.45, 7) is 3.41. The topological polar surface area (TPSA) is 48.7 Å². The van der Waals surface area contributed by atoms with Crippen molar-refractivity contribution in [2.75, 3.05) is 43.3 Å². The Balaban J connectivity index is 1.41. The van der Waals surface area contributed by atoms with Gasteiger partial charge in [-0.2, -0.15) is 5.26 Å². The molecule has 5 heteroatoms. The molecule has 2 saturated carbocycles. The predicted molar refractivity (Wildman–Crippen MR) is 90.8 cm³/mol. The molecule has 0 aromatic heterocycles. The van der Waals surface area contributed by atoms with Gasteiger partial charge in [0.15, 0.2) is 5.79 Å². The molecule has 24 heavy (non-hydrogen) atoms. The zero-order valence-electron chi connectivity index (χ0n) is 14.1. The molecule has 2 unspecified atom stereocenters. The van der Waals surface area contributed by atoms with Crippen LogP contribution in [0.4, 0.5) is 11.4 Å². The molecule has 1 aromatic carbocycles. The quantitative estimate of drug-likeness (QED) is 0.837. The minimum absolute atomic E-state index is 0.310. The Morgan fingerprint density at radius 1 is 1.29 bits per heavy atom. The lowest BCUT2D eigenvalue weighted by Gasteiger charge is -2.38. The molecule has 0 radical (unpaired) electrons. The molecule has 1 spiro atoms. The van der Waals surface area contributed by atoms with Crippen LogP contribution < -0.4 is 9.80 Å². The Morgan fingerprint density at radius 3 is 2.92 bits per heavy atom. The average molecular weight is 325 g/mol. The lowest BCUT2D eigenvalue weighted by molar-refractivity contribution is -0.188. The molecule has 1 saturated heterocycles. The number of fused-ring (bicyclic) bond motifs is 2. The minimum Gasteiger partial charge on any atom is -0.355 e. The SMILES string of the molecule is CN1CN(CC23CC2CCC2(C3)OCCO2)c2cc(C#N)ccc21. The molecule has 2 heterocycles. The molecule has 2 aliphatic carbocycles. The van der Waals surface area contributed by atoms with E-state index in [1.807, 2.05) is 12.1 Å². The minimum atomic E-state index is -0.310. The van der Waals surface area contributed by atoms with E-state index in [4.69, 9.17) is 9.47 Å². The first kappa shape index (κ1) is 14.6. The molecule has 4 aliphatic rings. The van der Waals surface area contributed by atoms with E-state index < -0.39 is 0 Å². The molecule has 1 aromatic rings. The molecule has 126 valence electrons. The van der Waals surface area contributed by atoms with Crippen LogP contribution in [0.5, 0.6) is 0 Å². The van der Waals surface area contributed by atoms with Crippen molar-refractivity contribution in [1.29, 1.82) is 5.26 Å². The monoisotopic (exact) mass is 325 g/mol. The van der Waals surface area contributed by atoms with E-state index in [-0.39, 0.29) is 5.79 Å². The fourth-order valence-corrected chi connectivity index (χ4v) is 5.16. The highest BCUT2D eigenvalue weighted by Crippen LogP contribution is 2.65. The van der Waals surface area contributed by atoms with Gasteiger partial charge in [0.1, 0.15) is 0 Å². The standard InChI is InChI=1S/C19H23N3O2/c1-21-13-22(17-8-14(10-20)2-3-16(17)21)12-18-9-15(18)4-5-19(11-18)23-6-7-24-19/h2-3,8,15H,4-7,9,11-13H2,1H3. The number of benzene rings is 1. The third-order valence-corrected chi connectivity index (χ3v) is 6.41. The summed E-state index contributed by atoms with van der Waals surface area (Å²) in [6.07, 6.45) is 4.58. The fourth-order valence-electron chi connectivity index (χ4n) is 5.16. The fraction of sp³-hybridized carbons (Fsp3) is 0.632. The highest BCUT2D eigenvalue weighted by Gasteiger charge is 2.63. The van der Waals surface area contributed by atoms with Gasteiger partial charge in [0.2, 0.25) is 0 Å². The second-order valence-corrected chi connectivity index (χ2v) is 7.94. The number of nitrogens with zero attached hydrogens (tertiary/aromatic N) is 3. The van der Waals surface area contributed by atoms with Crippen molar-refractivity contribution in [1.82, 2.24) is 0 Å². The van der Waals surface area contributed by atoms with E-state index in [9.17, 15) is 5.26 Å². The van der Waals surface area contributed by atoms with Gasteiger partial charge >= 0.3 is 0 Å². The molecule has 0 bridgehead atoms. The van der Waals surface area contributed by atoms with Gasteiger partial charge in [0, 0.05) is 26.4 Å². The maximum Gasteiger partial charge on any atom is 0.169 e. The Hall–Kier alpha value is -1.77. The van der Waals surface area contributed by atoms with Gasteiger partial charge in [0.05, 0.1) is 42.9 Å². The Bertz CT molecular complexity index is 722. The van der Waals surface area contributed by atoms with Gasteiger partial charge < -0.3 is 19.3 Å². The van der Waals surface area contributed by atoms with Crippen molar-refractivity contribution < 1.29 is 9.47 Å². The van der Waals surface area contributed by atoms with Gasteiger partial charge in [0.25, 0.3) is 0 Å². The first-order chi connectivity index (χ1) is 11.6. The summed E-state index contributed by atoms with van der Waals surface area (Å²) in [5, 5.41) is 9.23. The third kappa shape index (κ3) is 2.06. The normalized spacial score (nSPS) is 32.6. The summed E-state index contributed by atoms with van der Waals surface area (Å²) in [6, 6.07) is 8.29. The smallest absolute Gasteiger partial charge is 0.169 e. The lowest BCUT2D eigenvalue weighted by Crippen LogP contribution is -2.42. The summed E-state index contributed by atoms with van der Waals surface area (Å²) in [4.78, 5) is 4.72. The zero-order chi connectivity index (χ0) is 16.4. The van der Waals surface area contributed by atoms with Crippen LogP contribution in [-0.2, 0) is 9.47 Å². The number of rotatable bonds is 2. The molecule has 5 nitrogen and oxygen atoms in total. The Morgan fingerprint density at radius 2 is 2.12 bits per heavy atom. The van der Waals surface area contributed by atoms with Crippen molar-refractivity contribution >= 4 is 11.4 Å². The Labute approximate surface area is 142 Å². The van der Waals surface area contributed by atoms with Crippen LogP contribution >= 0.6 is 0 Å². The van der Waals surface area contributed by atoms with E-state index in [0.29, 0.717) is 5.41 Å². The van der Waals surface area contributed by atoms with Crippen LogP contribution in [0.3, 0.4) is 0 Å². The summed E-state index contributed by atoms with van der Waals surface area (Å²) in [5.74, 6) is 0.500. The highest BCUT2D eigenvalue weighted by atomic mass is 16.7. The van der Waals surface area contributed by atoms with Gasteiger partial charge in [-0.15, -0.1) is 0 Å².